The first kappa shape index (κ1) is 7.02. The highest BCUT2D eigenvalue weighted by molar-refractivity contribution is 5.68. The van der Waals surface area contributed by atoms with Gasteiger partial charge in [0, 0.05) is 12.4 Å². The molecule has 0 aliphatic carbocycles. The standard InChI is InChI=1S/C7H7N3O2/c11-7-9-6(10-12-7)5-2-1-3-8-4-5/h1,3-5H,2H2,(H,9,10,11). The zero-order chi connectivity index (χ0) is 8.39. The largest absolute Gasteiger partial charge is 0.438 e. The van der Waals surface area contributed by atoms with Crippen LogP contribution in [-0.2, 0) is 0 Å². The molecule has 62 valence electrons. The van der Waals surface area contributed by atoms with Gasteiger partial charge in [-0.2, -0.15) is 0 Å². The Morgan fingerprint density at radius 1 is 1.67 bits per heavy atom. The number of rotatable bonds is 1. The summed E-state index contributed by atoms with van der Waals surface area (Å²) in [6.45, 7) is 0. The molecule has 5 heteroatoms. The fraction of sp³-hybridized carbons (Fsp3) is 0.286. The van der Waals surface area contributed by atoms with Crippen LogP contribution < -0.4 is 5.76 Å². The maximum atomic E-state index is 10.6. The SMILES string of the molecule is O=c1[nH]c(C2C=NC=CC2)no1. The molecule has 0 radical (unpaired) electrons. The lowest BCUT2D eigenvalue weighted by atomic mass is 10.1. The van der Waals surface area contributed by atoms with E-state index >= 15 is 0 Å². The van der Waals surface area contributed by atoms with Crippen molar-refractivity contribution in [1.29, 1.82) is 0 Å². The van der Waals surface area contributed by atoms with E-state index < -0.39 is 5.76 Å². The number of hydrogen-bond donors (Lipinski definition) is 1. The lowest BCUT2D eigenvalue weighted by Crippen LogP contribution is -2.05. The maximum Gasteiger partial charge on any atom is 0.438 e. The van der Waals surface area contributed by atoms with Gasteiger partial charge >= 0.3 is 5.76 Å². The summed E-state index contributed by atoms with van der Waals surface area (Å²) in [5.74, 6) is 0.0579. The van der Waals surface area contributed by atoms with E-state index in [2.05, 4.69) is 19.7 Å². The Hall–Kier alpha value is -1.65. The third-order valence-electron chi connectivity index (χ3n) is 1.66. The fourth-order valence-electron chi connectivity index (χ4n) is 1.07. The summed E-state index contributed by atoms with van der Waals surface area (Å²) >= 11 is 0. The smallest absolute Gasteiger partial charge is 0.296 e. The Bertz CT molecular complexity index is 374. The third kappa shape index (κ3) is 1.20. The van der Waals surface area contributed by atoms with Crippen molar-refractivity contribution in [3.05, 3.63) is 28.7 Å². The molecule has 0 aromatic carbocycles. The number of aromatic amines is 1. The molecule has 0 saturated heterocycles. The van der Waals surface area contributed by atoms with Crippen molar-refractivity contribution in [1.82, 2.24) is 10.1 Å². The summed E-state index contributed by atoms with van der Waals surface area (Å²) in [6.07, 6.45) is 6.16. The molecule has 1 unspecified atom stereocenters. The molecule has 0 amide bonds. The van der Waals surface area contributed by atoms with Crippen molar-refractivity contribution in [2.75, 3.05) is 0 Å². The molecule has 5 nitrogen and oxygen atoms in total. The second kappa shape index (κ2) is 2.77. The summed E-state index contributed by atoms with van der Waals surface area (Å²) in [7, 11) is 0. The van der Waals surface area contributed by atoms with Crippen LogP contribution in [0.1, 0.15) is 18.2 Å². The average Bonchev–Trinajstić information content (AvgIpc) is 2.54. The molecule has 0 spiro atoms. The Morgan fingerprint density at radius 2 is 2.58 bits per heavy atom. The fourth-order valence-corrected chi connectivity index (χ4v) is 1.07. The number of allylic oxidation sites excluding steroid dienone is 1. The molecule has 1 aromatic rings. The minimum Gasteiger partial charge on any atom is -0.296 e. The minimum atomic E-state index is -0.520. The van der Waals surface area contributed by atoms with E-state index in [4.69, 9.17) is 0 Å². The minimum absolute atomic E-state index is 0.0430. The number of H-pyrrole nitrogens is 1. The Labute approximate surface area is 67.8 Å². The first-order valence-electron chi connectivity index (χ1n) is 3.60. The summed E-state index contributed by atoms with van der Waals surface area (Å²) in [5.41, 5.74) is 0. The van der Waals surface area contributed by atoms with Gasteiger partial charge in [0.2, 0.25) is 0 Å². The van der Waals surface area contributed by atoms with E-state index in [0.717, 1.165) is 6.42 Å². The van der Waals surface area contributed by atoms with Crippen molar-refractivity contribution in [2.45, 2.75) is 12.3 Å². The zero-order valence-corrected chi connectivity index (χ0v) is 6.23. The van der Waals surface area contributed by atoms with Crippen LogP contribution in [0.4, 0.5) is 0 Å². The second-order valence-corrected chi connectivity index (χ2v) is 2.51. The number of nitrogens with zero attached hydrogens (tertiary/aromatic N) is 2. The highest BCUT2D eigenvalue weighted by atomic mass is 16.5. The summed E-state index contributed by atoms with van der Waals surface area (Å²) < 4.78 is 4.37. The van der Waals surface area contributed by atoms with Crippen molar-refractivity contribution in [3.8, 4) is 0 Å². The van der Waals surface area contributed by atoms with Crippen LogP contribution in [0, 0.1) is 0 Å². The lowest BCUT2D eigenvalue weighted by Gasteiger charge is -2.05. The van der Waals surface area contributed by atoms with Gasteiger partial charge in [0.1, 0.15) is 0 Å². The van der Waals surface area contributed by atoms with Gasteiger partial charge in [0.25, 0.3) is 0 Å². The number of aromatic nitrogens is 2. The van der Waals surface area contributed by atoms with Crippen LogP contribution >= 0.6 is 0 Å². The summed E-state index contributed by atoms with van der Waals surface area (Å²) in [6, 6.07) is 0. The maximum absolute atomic E-state index is 10.6. The topological polar surface area (TPSA) is 71.2 Å². The Balaban J connectivity index is 2.26. The van der Waals surface area contributed by atoms with Crippen LogP contribution in [0.15, 0.2) is 26.6 Å². The van der Waals surface area contributed by atoms with Gasteiger partial charge in [-0.1, -0.05) is 11.2 Å². The monoisotopic (exact) mass is 165 g/mol. The molecule has 2 rings (SSSR count). The normalized spacial score (nSPS) is 21.5. The first-order valence-corrected chi connectivity index (χ1v) is 3.60. The Kier molecular flexibility index (Phi) is 1.62. The predicted octanol–water partition coefficient (Wildman–Crippen LogP) is 0.435. The van der Waals surface area contributed by atoms with Crippen molar-refractivity contribution < 1.29 is 4.52 Å². The Morgan fingerprint density at radius 3 is 3.17 bits per heavy atom. The van der Waals surface area contributed by atoms with Gasteiger partial charge in [-0.15, -0.1) is 0 Å². The molecule has 12 heavy (non-hydrogen) atoms. The van der Waals surface area contributed by atoms with Crippen molar-refractivity contribution in [2.24, 2.45) is 4.99 Å². The van der Waals surface area contributed by atoms with Crippen LogP contribution in [0.3, 0.4) is 0 Å². The van der Waals surface area contributed by atoms with Crippen LogP contribution in [0.2, 0.25) is 0 Å². The van der Waals surface area contributed by atoms with Crippen molar-refractivity contribution >= 4 is 6.21 Å². The van der Waals surface area contributed by atoms with Gasteiger partial charge in [0.05, 0.1) is 5.92 Å². The van der Waals surface area contributed by atoms with E-state index in [1.165, 1.54) is 0 Å². The molecule has 1 aliphatic heterocycles. The first-order chi connectivity index (χ1) is 5.86. The molecule has 1 N–H and O–H groups in total. The van der Waals surface area contributed by atoms with Crippen LogP contribution in [-0.4, -0.2) is 16.4 Å². The highest BCUT2D eigenvalue weighted by Gasteiger charge is 2.13. The molecular weight excluding hydrogens is 158 g/mol. The zero-order valence-electron chi connectivity index (χ0n) is 6.23. The molecule has 1 aromatic heterocycles. The predicted molar refractivity (Wildman–Crippen MR) is 42.1 cm³/mol. The molecule has 2 heterocycles. The van der Waals surface area contributed by atoms with E-state index in [0.29, 0.717) is 5.82 Å². The third-order valence-corrected chi connectivity index (χ3v) is 1.66. The van der Waals surface area contributed by atoms with Gasteiger partial charge in [-0.3, -0.25) is 14.5 Å². The summed E-state index contributed by atoms with van der Waals surface area (Å²) in [4.78, 5) is 17.0. The van der Waals surface area contributed by atoms with Crippen LogP contribution in [0.5, 0.6) is 0 Å². The molecule has 1 atom stereocenters. The molecule has 0 saturated carbocycles. The lowest BCUT2D eigenvalue weighted by molar-refractivity contribution is 0.380. The van der Waals surface area contributed by atoms with Gasteiger partial charge < -0.3 is 0 Å². The molecule has 0 fully saturated rings. The van der Waals surface area contributed by atoms with E-state index in [9.17, 15) is 4.79 Å². The second-order valence-electron chi connectivity index (χ2n) is 2.51. The van der Waals surface area contributed by atoms with E-state index in [1.807, 2.05) is 6.08 Å². The summed E-state index contributed by atoms with van der Waals surface area (Å²) in [5, 5.41) is 3.57. The number of nitrogens with one attached hydrogen (secondary N) is 1. The van der Waals surface area contributed by atoms with Crippen molar-refractivity contribution in [3.63, 3.8) is 0 Å². The average molecular weight is 165 g/mol. The molecular formula is C7H7N3O2. The van der Waals surface area contributed by atoms with E-state index in [1.54, 1.807) is 12.4 Å². The van der Waals surface area contributed by atoms with Gasteiger partial charge in [0.15, 0.2) is 5.82 Å². The van der Waals surface area contributed by atoms with Gasteiger partial charge in [-0.25, -0.2) is 4.79 Å². The molecule has 1 aliphatic rings. The quantitative estimate of drug-likeness (QED) is 0.656. The highest BCUT2D eigenvalue weighted by Crippen LogP contribution is 2.15. The van der Waals surface area contributed by atoms with E-state index in [-0.39, 0.29) is 5.92 Å². The van der Waals surface area contributed by atoms with Gasteiger partial charge in [-0.05, 0) is 6.42 Å². The number of hydrogen-bond acceptors (Lipinski definition) is 4. The molecule has 0 bridgehead atoms. The number of aliphatic imine (C=N–C) groups is 1. The van der Waals surface area contributed by atoms with Crippen LogP contribution in [0.25, 0.3) is 0 Å².